The Morgan fingerprint density at radius 2 is 1.90 bits per heavy atom. The molecule has 0 aromatic heterocycles. The number of hydrogen-bond donors (Lipinski definition) is 1. The molecule has 0 aliphatic heterocycles. The average Bonchev–Trinajstić information content (AvgIpc) is 2.39. The molecular weight excluding hydrogens is 272 g/mol. The Balaban J connectivity index is 2.68. The van der Waals surface area contributed by atoms with Crippen LogP contribution in [-0.2, 0) is 4.74 Å². The van der Waals surface area contributed by atoms with Crippen molar-refractivity contribution in [2.45, 2.75) is 33.8 Å². The summed E-state index contributed by atoms with van der Waals surface area (Å²) in [4.78, 5) is 24.9. The van der Waals surface area contributed by atoms with Crippen LogP contribution in [0.15, 0.2) is 24.3 Å². The van der Waals surface area contributed by atoms with E-state index in [1.54, 1.807) is 43.0 Å². The van der Waals surface area contributed by atoms with Gasteiger partial charge in [0, 0.05) is 24.8 Å². The van der Waals surface area contributed by atoms with E-state index < -0.39 is 12.2 Å². The Morgan fingerprint density at radius 3 is 2.48 bits per heavy atom. The smallest absolute Gasteiger partial charge is 0.415 e. The van der Waals surface area contributed by atoms with Crippen LogP contribution in [0.3, 0.4) is 0 Å². The van der Waals surface area contributed by atoms with Gasteiger partial charge in [0.2, 0.25) is 0 Å². The van der Waals surface area contributed by atoms with E-state index in [9.17, 15) is 9.59 Å². The highest BCUT2D eigenvalue weighted by molar-refractivity contribution is 5.85. The maximum atomic E-state index is 11.8. The fraction of sp³-hybridized carbons (Fsp3) is 0.467. The quantitative estimate of drug-likeness (QED) is 0.902. The number of ether oxygens (including phenoxy) is 2. The van der Waals surface area contributed by atoms with E-state index in [-0.39, 0.29) is 6.10 Å². The zero-order valence-corrected chi connectivity index (χ0v) is 12.9. The molecule has 21 heavy (non-hydrogen) atoms. The van der Waals surface area contributed by atoms with Gasteiger partial charge in [-0.15, -0.1) is 0 Å². The van der Waals surface area contributed by atoms with Gasteiger partial charge in [0.05, 0.1) is 6.10 Å². The Hall–Kier alpha value is -2.24. The number of nitrogens with one attached hydrogen (secondary N) is 1. The number of rotatable bonds is 5. The third-order valence-corrected chi connectivity index (χ3v) is 2.65. The van der Waals surface area contributed by atoms with E-state index in [0.717, 1.165) is 0 Å². The zero-order chi connectivity index (χ0) is 15.8. The molecule has 0 saturated carbocycles. The molecule has 0 radical (unpaired) electrons. The average molecular weight is 294 g/mol. The number of carbonyl (C=O) groups is 2. The van der Waals surface area contributed by atoms with Crippen LogP contribution in [0.4, 0.5) is 15.3 Å². The Labute approximate surface area is 125 Å². The molecule has 0 spiro atoms. The summed E-state index contributed by atoms with van der Waals surface area (Å²) >= 11 is 0. The van der Waals surface area contributed by atoms with Crippen molar-refractivity contribution in [2.24, 2.45) is 0 Å². The fourth-order valence-corrected chi connectivity index (χ4v) is 1.65. The van der Waals surface area contributed by atoms with Gasteiger partial charge in [0.1, 0.15) is 5.75 Å². The van der Waals surface area contributed by atoms with Gasteiger partial charge in [-0.1, -0.05) is 6.07 Å². The topological polar surface area (TPSA) is 67.9 Å². The summed E-state index contributed by atoms with van der Waals surface area (Å²) in [6.45, 7) is 8.45. The lowest BCUT2D eigenvalue weighted by Gasteiger charge is -2.18. The number of benzene rings is 1. The van der Waals surface area contributed by atoms with Gasteiger partial charge in [-0.3, -0.25) is 5.32 Å². The van der Waals surface area contributed by atoms with Crippen molar-refractivity contribution in [1.82, 2.24) is 4.90 Å². The molecule has 0 heterocycles. The minimum Gasteiger partial charge on any atom is -0.447 e. The van der Waals surface area contributed by atoms with Gasteiger partial charge in [-0.05, 0) is 39.8 Å². The highest BCUT2D eigenvalue weighted by Gasteiger charge is 2.12. The van der Waals surface area contributed by atoms with E-state index in [4.69, 9.17) is 9.47 Å². The van der Waals surface area contributed by atoms with Crippen LogP contribution in [0.5, 0.6) is 5.75 Å². The maximum Gasteiger partial charge on any atom is 0.415 e. The van der Waals surface area contributed by atoms with Gasteiger partial charge in [0.25, 0.3) is 0 Å². The summed E-state index contributed by atoms with van der Waals surface area (Å²) in [6.07, 6.45) is -1.16. The number of anilines is 1. The Kier molecular flexibility index (Phi) is 6.52. The lowest BCUT2D eigenvalue weighted by molar-refractivity contribution is 0.130. The van der Waals surface area contributed by atoms with Crippen LogP contribution in [-0.4, -0.2) is 36.3 Å². The molecule has 1 aromatic carbocycles. The molecule has 2 amide bonds. The van der Waals surface area contributed by atoms with E-state index in [1.165, 1.54) is 0 Å². The molecule has 0 saturated heterocycles. The first kappa shape index (κ1) is 16.8. The first-order valence-corrected chi connectivity index (χ1v) is 7.00. The molecule has 6 heteroatoms. The highest BCUT2D eigenvalue weighted by atomic mass is 16.6. The molecule has 1 rings (SSSR count). The van der Waals surface area contributed by atoms with Crippen molar-refractivity contribution < 1.29 is 19.1 Å². The molecular formula is C15H22N2O4. The third kappa shape index (κ3) is 5.72. The normalized spacial score (nSPS) is 10.1. The summed E-state index contributed by atoms with van der Waals surface area (Å²) in [6, 6.07) is 6.61. The second-order valence-electron chi connectivity index (χ2n) is 4.65. The predicted octanol–water partition coefficient (Wildman–Crippen LogP) is 3.48. The van der Waals surface area contributed by atoms with Crippen LogP contribution in [0.1, 0.15) is 27.7 Å². The molecule has 0 unspecified atom stereocenters. The lowest BCUT2D eigenvalue weighted by Crippen LogP contribution is -2.33. The fourth-order valence-electron chi connectivity index (χ4n) is 1.65. The maximum absolute atomic E-state index is 11.8. The monoisotopic (exact) mass is 294 g/mol. The van der Waals surface area contributed by atoms with E-state index in [0.29, 0.717) is 24.5 Å². The number of carbonyl (C=O) groups excluding carboxylic acids is 2. The van der Waals surface area contributed by atoms with Crippen LogP contribution in [0.25, 0.3) is 0 Å². The zero-order valence-electron chi connectivity index (χ0n) is 12.9. The Bertz CT molecular complexity index is 484. The van der Waals surface area contributed by atoms with Gasteiger partial charge in [0.15, 0.2) is 0 Å². The Morgan fingerprint density at radius 1 is 1.24 bits per heavy atom. The highest BCUT2D eigenvalue weighted by Crippen LogP contribution is 2.18. The van der Waals surface area contributed by atoms with Crippen LogP contribution in [0, 0.1) is 0 Å². The summed E-state index contributed by atoms with van der Waals surface area (Å²) in [5.74, 6) is 0.370. The summed E-state index contributed by atoms with van der Waals surface area (Å²) in [5, 5.41) is 2.58. The van der Waals surface area contributed by atoms with Gasteiger partial charge in [-0.2, -0.15) is 0 Å². The van der Waals surface area contributed by atoms with E-state index in [2.05, 4.69) is 5.32 Å². The summed E-state index contributed by atoms with van der Waals surface area (Å²) < 4.78 is 10.2. The molecule has 0 aliphatic carbocycles. The molecule has 1 N–H and O–H groups in total. The van der Waals surface area contributed by atoms with Crippen molar-refractivity contribution in [3.05, 3.63) is 24.3 Å². The van der Waals surface area contributed by atoms with Crippen molar-refractivity contribution in [1.29, 1.82) is 0 Å². The van der Waals surface area contributed by atoms with Crippen molar-refractivity contribution in [2.75, 3.05) is 18.4 Å². The largest absolute Gasteiger partial charge is 0.447 e. The van der Waals surface area contributed by atoms with Crippen LogP contribution in [0.2, 0.25) is 0 Å². The lowest BCUT2D eigenvalue weighted by atomic mass is 10.3. The molecule has 0 aliphatic rings. The van der Waals surface area contributed by atoms with Gasteiger partial charge < -0.3 is 14.4 Å². The second-order valence-corrected chi connectivity index (χ2v) is 4.65. The molecule has 6 nitrogen and oxygen atoms in total. The van der Waals surface area contributed by atoms with Crippen molar-refractivity contribution >= 4 is 17.9 Å². The van der Waals surface area contributed by atoms with Gasteiger partial charge in [-0.25, -0.2) is 9.59 Å². The van der Waals surface area contributed by atoms with Crippen LogP contribution >= 0.6 is 0 Å². The molecule has 0 atom stereocenters. The number of amides is 2. The molecule has 0 fully saturated rings. The molecule has 0 bridgehead atoms. The van der Waals surface area contributed by atoms with E-state index >= 15 is 0 Å². The number of nitrogens with zero attached hydrogens (tertiary/aromatic N) is 1. The molecule has 1 aromatic rings. The van der Waals surface area contributed by atoms with E-state index in [1.807, 2.05) is 13.8 Å². The number of hydrogen-bond acceptors (Lipinski definition) is 4. The second kappa shape index (κ2) is 8.14. The first-order chi connectivity index (χ1) is 9.96. The van der Waals surface area contributed by atoms with Gasteiger partial charge >= 0.3 is 12.2 Å². The summed E-state index contributed by atoms with van der Waals surface area (Å²) in [5.41, 5.74) is 0.505. The van der Waals surface area contributed by atoms with Crippen molar-refractivity contribution in [3.63, 3.8) is 0 Å². The molecule has 116 valence electrons. The standard InChI is InChI=1S/C15H22N2O4/c1-5-17(6-2)15(19)21-13-9-7-8-12(10-13)16-14(18)20-11(3)4/h7-11H,5-6H2,1-4H3,(H,16,18). The summed E-state index contributed by atoms with van der Waals surface area (Å²) in [7, 11) is 0. The predicted molar refractivity (Wildman–Crippen MR) is 80.6 cm³/mol. The van der Waals surface area contributed by atoms with Crippen molar-refractivity contribution in [3.8, 4) is 5.75 Å². The minimum absolute atomic E-state index is 0.200. The first-order valence-electron chi connectivity index (χ1n) is 7.00. The van der Waals surface area contributed by atoms with Crippen LogP contribution < -0.4 is 10.1 Å². The third-order valence-electron chi connectivity index (χ3n) is 2.65. The SMILES string of the molecule is CCN(CC)C(=O)Oc1cccc(NC(=O)OC(C)C)c1. The minimum atomic E-state index is -0.544.